The van der Waals surface area contributed by atoms with E-state index in [0.29, 0.717) is 5.92 Å². The Bertz CT molecular complexity index is 1280. The molecule has 0 bridgehead atoms. The van der Waals surface area contributed by atoms with E-state index in [1.807, 2.05) is 0 Å². The van der Waals surface area contributed by atoms with E-state index in [9.17, 15) is 0 Å². The summed E-state index contributed by atoms with van der Waals surface area (Å²) < 4.78 is 9.84. The van der Waals surface area contributed by atoms with Crippen LogP contribution in [0.5, 0.6) is 0 Å². The van der Waals surface area contributed by atoms with Crippen molar-refractivity contribution in [2.75, 3.05) is 0 Å². The molecule has 0 nitrogen and oxygen atoms in total. The summed E-state index contributed by atoms with van der Waals surface area (Å²) in [5.74, 6) is 0.447. The van der Waals surface area contributed by atoms with Gasteiger partial charge in [0.1, 0.15) is 0 Å². The molecule has 0 radical (unpaired) electrons. The van der Waals surface area contributed by atoms with Crippen LogP contribution in [0, 0.1) is 11.3 Å². The maximum atomic E-state index is 5.21. The van der Waals surface area contributed by atoms with Gasteiger partial charge in [-0.3, -0.25) is 0 Å². The molecule has 0 fully saturated rings. The molecular weight excluding hydrogens is 522 g/mol. The Labute approximate surface area is 215 Å². The Kier molecular flexibility index (Phi) is 7.60. The molecule has 171 valence electrons. The van der Waals surface area contributed by atoms with Crippen LogP contribution < -0.4 is 6.54 Å². The van der Waals surface area contributed by atoms with Crippen molar-refractivity contribution in [3.63, 3.8) is 0 Å². The summed E-state index contributed by atoms with van der Waals surface area (Å²) >= 11 is -3.40. The predicted molar refractivity (Wildman–Crippen MR) is 147 cm³/mol. The Morgan fingerprint density at radius 3 is 2.12 bits per heavy atom. The van der Waals surface area contributed by atoms with Crippen LogP contribution in [-0.2, 0) is 26.2 Å². The van der Waals surface area contributed by atoms with Crippen molar-refractivity contribution in [1.82, 2.24) is 0 Å². The molecule has 0 aliphatic heterocycles. The third kappa shape index (κ3) is 4.34. The molecule has 2 aliphatic carbocycles. The van der Waals surface area contributed by atoms with E-state index in [2.05, 4.69) is 113 Å². The SMILES string of the molecule is Cl.Cl.[CH2]=[Zr]([C]1=CC(C(C)(C)C)=CC1C)([c]1ccccc1)[c]1cccc2c1Cc1ccccc1-2. The van der Waals surface area contributed by atoms with Crippen molar-refractivity contribution in [1.29, 1.82) is 0 Å². The van der Waals surface area contributed by atoms with Gasteiger partial charge in [0.25, 0.3) is 0 Å². The van der Waals surface area contributed by atoms with Crippen LogP contribution in [0.1, 0.15) is 38.8 Å². The second-order valence-corrected chi connectivity index (χ2v) is 18.8. The quantitative estimate of drug-likeness (QED) is 0.252. The monoisotopic (exact) mass is 553 g/mol. The summed E-state index contributed by atoms with van der Waals surface area (Å²) in [6, 6.07) is 27.1. The topological polar surface area (TPSA) is 0 Å². The zero-order valence-corrected chi connectivity index (χ0v) is 24.0. The zero-order valence-electron chi connectivity index (χ0n) is 19.9. The molecule has 0 amide bonds. The van der Waals surface area contributed by atoms with E-state index < -0.39 is 19.8 Å². The zero-order chi connectivity index (χ0) is 21.8. The Morgan fingerprint density at radius 2 is 1.45 bits per heavy atom. The summed E-state index contributed by atoms with van der Waals surface area (Å²) in [7, 11) is 0. The molecule has 3 heteroatoms. The van der Waals surface area contributed by atoms with Gasteiger partial charge in [0.15, 0.2) is 0 Å². The number of allylic oxidation sites excluding steroid dienone is 4. The molecule has 0 heterocycles. The van der Waals surface area contributed by atoms with Crippen molar-refractivity contribution in [3.8, 4) is 11.1 Å². The summed E-state index contributed by atoms with van der Waals surface area (Å²) in [6.45, 7) is 9.35. The number of hydrogen-bond acceptors (Lipinski definition) is 0. The fourth-order valence-corrected chi connectivity index (χ4v) is 15.5. The summed E-state index contributed by atoms with van der Waals surface area (Å²) in [4.78, 5) is 0. The van der Waals surface area contributed by atoms with Gasteiger partial charge >= 0.3 is 192 Å². The molecule has 3 aromatic rings. The van der Waals surface area contributed by atoms with Gasteiger partial charge in [-0.1, -0.05) is 0 Å². The van der Waals surface area contributed by atoms with Crippen molar-refractivity contribution in [2.45, 2.75) is 34.1 Å². The first-order chi connectivity index (χ1) is 14.8. The molecular formula is C30H33Cl2Zr. The minimum absolute atomic E-state index is 0. The van der Waals surface area contributed by atoms with Gasteiger partial charge in [0, 0.05) is 0 Å². The molecule has 0 saturated carbocycles. The normalized spacial score (nSPS) is 18.1. The van der Waals surface area contributed by atoms with Crippen molar-refractivity contribution in [3.05, 3.63) is 105 Å². The first-order valence-electron chi connectivity index (χ1n) is 11.4. The third-order valence-corrected chi connectivity index (χ3v) is 17.7. The molecule has 2 unspecified atom stereocenters. The molecule has 0 spiro atoms. The second kappa shape index (κ2) is 9.61. The van der Waals surface area contributed by atoms with Gasteiger partial charge in [0.2, 0.25) is 0 Å². The first-order valence-corrected chi connectivity index (χ1v) is 16.8. The van der Waals surface area contributed by atoms with Gasteiger partial charge in [-0.15, -0.1) is 24.8 Å². The van der Waals surface area contributed by atoms with Gasteiger partial charge in [0.05, 0.1) is 0 Å². The summed E-state index contributed by atoms with van der Waals surface area (Å²) in [6.07, 6.45) is 6.05. The van der Waals surface area contributed by atoms with Gasteiger partial charge in [-0.05, 0) is 0 Å². The second-order valence-electron chi connectivity index (χ2n) is 10.2. The molecule has 2 atom stereocenters. The van der Waals surface area contributed by atoms with Crippen LogP contribution in [-0.4, -0.2) is 4.21 Å². The molecule has 2 aliphatic rings. The molecule has 0 N–H and O–H groups in total. The van der Waals surface area contributed by atoms with Crippen LogP contribution in [0.15, 0.2) is 93.8 Å². The average Bonchev–Trinajstić information content (AvgIpc) is 3.34. The van der Waals surface area contributed by atoms with Gasteiger partial charge in [-0.25, -0.2) is 0 Å². The number of rotatable bonds is 3. The molecule has 0 aromatic heterocycles. The van der Waals surface area contributed by atoms with Crippen molar-refractivity contribution >= 4 is 35.6 Å². The standard InChI is InChI=1S/C13H9.C10H15.C6H5.CH2.2ClH.Zr/c1-3-7-12-10(5-1)9-11-6-2-4-8-13(11)12;1-8-5-6-9(7-8)10(2,3)4;1-2-4-6-5-3-1;;;;/h1-5,7-8H,9H2;6-8H,1-4H3;1-5H;1H2;2*1H;. The van der Waals surface area contributed by atoms with Crippen molar-refractivity contribution in [2.24, 2.45) is 11.3 Å². The fraction of sp³-hybridized carbons (Fsp3) is 0.233. The number of fused-ring (bicyclic) bond motifs is 3. The Hall–Kier alpha value is -1.53. The van der Waals surface area contributed by atoms with Crippen LogP contribution in [0.25, 0.3) is 11.1 Å². The van der Waals surface area contributed by atoms with E-state index in [4.69, 9.17) is 4.21 Å². The van der Waals surface area contributed by atoms with E-state index in [-0.39, 0.29) is 30.2 Å². The fourth-order valence-electron chi connectivity index (χ4n) is 5.44. The third-order valence-electron chi connectivity index (χ3n) is 7.17. The van der Waals surface area contributed by atoms with E-state index in [0.717, 1.165) is 6.42 Å². The number of benzene rings is 3. The van der Waals surface area contributed by atoms with Crippen molar-refractivity contribution < 1.29 is 19.8 Å². The molecule has 0 saturated heterocycles. The van der Waals surface area contributed by atoms with E-state index in [1.165, 1.54) is 31.1 Å². The first kappa shape index (κ1) is 26.1. The summed E-state index contributed by atoms with van der Waals surface area (Å²) in [5.41, 5.74) is 7.43. The molecule has 3 aromatic carbocycles. The van der Waals surface area contributed by atoms with Gasteiger partial charge < -0.3 is 0 Å². The van der Waals surface area contributed by atoms with Crippen LogP contribution in [0.2, 0.25) is 0 Å². The maximum absolute atomic E-state index is 5.21. The number of halogens is 2. The Balaban J connectivity index is 0.00000153. The van der Waals surface area contributed by atoms with E-state index >= 15 is 0 Å². The van der Waals surface area contributed by atoms with Crippen LogP contribution in [0.4, 0.5) is 0 Å². The molecule has 33 heavy (non-hydrogen) atoms. The van der Waals surface area contributed by atoms with Crippen LogP contribution >= 0.6 is 24.8 Å². The van der Waals surface area contributed by atoms with Crippen LogP contribution in [0.3, 0.4) is 0 Å². The van der Waals surface area contributed by atoms with Gasteiger partial charge in [-0.2, -0.15) is 0 Å². The van der Waals surface area contributed by atoms with E-state index in [1.54, 1.807) is 6.55 Å². The predicted octanol–water partition coefficient (Wildman–Crippen LogP) is 7.14. The minimum atomic E-state index is -3.40. The summed E-state index contributed by atoms with van der Waals surface area (Å²) in [5, 5.41) is 0. The molecule has 5 rings (SSSR count). The number of hydrogen-bond donors (Lipinski definition) is 0. The Morgan fingerprint density at radius 1 is 0.818 bits per heavy atom. The average molecular weight is 556 g/mol.